The number of imide groups is 1. The van der Waals surface area contributed by atoms with E-state index in [0.717, 1.165) is 0 Å². The van der Waals surface area contributed by atoms with Crippen LogP contribution in [0.1, 0.15) is 13.8 Å². The molecule has 3 N–H and O–H groups in total. The molecular formula is C18H18ClN3O5S. The summed E-state index contributed by atoms with van der Waals surface area (Å²) in [6.45, 7) is 2.95. The molecule has 2 aromatic rings. The zero-order chi connectivity index (χ0) is 20.5. The van der Waals surface area contributed by atoms with Crippen LogP contribution in [0.5, 0.6) is 11.5 Å². The monoisotopic (exact) mass is 423 g/mol. The SMILES string of the molecule is C[C@@H](NS(=O)(=O)c1ccc(Oc2ccc(Cl)cc2)cc1)[C@]1(C)NC(=O)NC1=O. The molecule has 0 radical (unpaired) electrons. The van der Waals surface area contributed by atoms with Crippen LogP contribution >= 0.6 is 11.6 Å². The maximum Gasteiger partial charge on any atom is 0.322 e. The summed E-state index contributed by atoms with van der Waals surface area (Å²) in [7, 11) is -3.93. The lowest BCUT2D eigenvalue weighted by atomic mass is 9.95. The second-order valence-electron chi connectivity index (χ2n) is 6.48. The minimum atomic E-state index is -3.93. The van der Waals surface area contributed by atoms with E-state index in [9.17, 15) is 18.0 Å². The molecule has 0 bridgehead atoms. The molecule has 10 heteroatoms. The lowest BCUT2D eigenvalue weighted by molar-refractivity contribution is -0.124. The molecule has 0 aromatic heterocycles. The Labute approximate surface area is 167 Å². The van der Waals surface area contributed by atoms with Gasteiger partial charge in [-0.1, -0.05) is 11.6 Å². The van der Waals surface area contributed by atoms with Crippen molar-refractivity contribution in [3.8, 4) is 11.5 Å². The number of amides is 3. The first-order valence-corrected chi connectivity index (χ1v) is 10.2. The van der Waals surface area contributed by atoms with Crippen LogP contribution in [-0.2, 0) is 14.8 Å². The van der Waals surface area contributed by atoms with Crippen LogP contribution in [0.4, 0.5) is 4.79 Å². The number of halogens is 1. The number of ether oxygens (including phenoxy) is 1. The Morgan fingerprint density at radius 3 is 2.07 bits per heavy atom. The highest BCUT2D eigenvalue weighted by atomic mass is 35.5. The molecule has 1 fully saturated rings. The lowest BCUT2D eigenvalue weighted by Gasteiger charge is -2.28. The van der Waals surface area contributed by atoms with Gasteiger partial charge in [0.25, 0.3) is 5.91 Å². The molecule has 28 heavy (non-hydrogen) atoms. The zero-order valence-corrected chi connectivity index (χ0v) is 16.6. The van der Waals surface area contributed by atoms with Gasteiger partial charge in [0, 0.05) is 5.02 Å². The number of hydrogen-bond donors (Lipinski definition) is 3. The fourth-order valence-corrected chi connectivity index (χ4v) is 4.06. The Morgan fingerprint density at radius 1 is 1.04 bits per heavy atom. The summed E-state index contributed by atoms with van der Waals surface area (Å²) < 4.78 is 33.3. The van der Waals surface area contributed by atoms with E-state index in [0.29, 0.717) is 16.5 Å². The van der Waals surface area contributed by atoms with Gasteiger partial charge in [-0.05, 0) is 62.4 Å². The molecule has 3 rings (SSSR count). The predicted octanol–water partition coefficient (Wildman–Crippen LogP) is 2.40. The van der Waals surface area contributed by atoms with E-state index in [1.54, 1.807) is 24.3 Å². The van der Waals surface area contributed by atoms with Gasteiger partial charge in [0.2, 0.25) is 10.0 Å². The Bertz CT molecular complexity index is 1010. The first-order valence-electron chi connectivity index (χ1n) is 8.29. The fraction of sp³-hybridized carbons (Fsp3) is 0.222. The number of hydrogen-bond acceptors (Lipinski definition) is 5. The minimum absolute atomic E-state index is 0.00358. The van der Waals surface area contributed by atoms with Crippen LogP contribution in [0, 0.1) is 0 Å². The smallest absolute Gasteiger partial charge is 0.322 e. The van der Waals surface area contributed by atoms with Crippen molar-refractivity contribution in [1.82, 2.24) is 15.4 Å². The number of rotatable bonds is 6. The van der Waals surface area contributed by atoms with E-state index in [-0.39, 0.29) is 4.90 Å². The van der Waals surface area contributed by atoms with E-state index in [1.807, 2.05) is 0 Å². The van der Waals surface area contributed by atoms with Crippen molar-refractivity contribution in [3.05, 3.63) is 53.6 Å². The van der Waals surface area contributed by atoms with Crippen LogP contribution in [-0.4, -0.2) is 31.9 Å². The molecule has 148 valence electrons. The maximum absolute atomic E-state index is 12.6. The van der Waals surface area contributed by atoms with E-state index in [4.69, 9.17) is 16.3 Å². The summed E-state index contributed by atoms with van der Waals surface area (Å²) in [5.41, 5.74) is -1.39. The molecule has 0 aliphatic carbocycles. The molecule has 2 atom stereocenters. The third-order valence-corrected chi connectivity index (χ3v) is 6.26. The van der Waals surface area contributed by atoms with Crippen LogP contribution in [0.25, 0.3) is 0 Å². The second kappa shape index (κ2) is 7.42. The Kier molecular flexibility index (Phi) is 5.33. The van der Waals surface area contributed by atoms with Crippen molar-refractivity contribution in [2.75, 3.05) is 0 Å². The van der Waals surface area contributed by atoms with E-state index >= 15 is 0 Å². The summed E-state index contributed by atoms with van der Waals surface area (Å²) in [6, 6.07) is 11.0. The van der Waals surface area contributed by atoms with Crippen molar-refractivity contribution in [2.24, 2.45) is 0 Å². The van der Waals surface area contributed by atoms with Crippen molar-refractivity contribution in [1.29, 1.82) is 0 Å². The number of nitrogens with one attached hydrogen (secondary N) is 3. The van der Waals surface area contributed by atoms with Gasteiger partial charge in [0.05, 0.1) is 10.9 Å². The van der Waals surface area contributed by atoms with E-state index in [2.05, 4.69) is 15.4 Å². The molecular weight excluding hydrogens is 406 g/mol. The van der Waals surface area contributed by atoms with Crippen LogP contribution in [0.15, 0.2) is 53.4 Å². The molecule has 1 saturated heterocycles. The van der Waals surface area contributed by atoms with Crippen LogP contribution < -0.4 is 20.1 Å². The summed E-state index contributed by atoms with van der Waals surface area (Å²) in [4.78, 5) is 23.3. The molecule has 1 aliphatic rings. The highest BCUT2D eigenvalue weighted by Crippen LogP contribution is 2.25. The quantitative estimate of drug-likeness (QED) is 0.617. The van der Waals surface area contributed by atoms with E-state index < -0.39 is 33.5 Å². The standard InChI is InChI=1S/C18H18ClN3O5S/c1-11(18(2)16(23)20-17(24)21-18)22-28(25,26)15-9-7-14(8-10-15)27-13-5-3-12(19)4-6-13/h3-11,22H,1-2H3,(H2,20,21,23,24)/t11-,18+/m1/s1. The average molecular weight is 424 g/mol. The highest BCUT2D eigenvalue weighted by Gasteiger charge is 2.47. The molecule has 0 spiro atoms. The van der Waals surface area contributed by atoms with Gasteiger partial charge in [0.1, 0.15) is 17.0 Å². The highest BCUT2D eigenvalue weighted by molar-refractivity contribution is 7.89. The number of benzene rings is 2. The van der Waals surface area contributed by atoms with Crippen molar-refractivity contribution in [3.63, 3.8) is 0 Å². The first kappa shape index (κ1) is 20.1. The van der Waals surface area contributed by atoms with Gasteiger partial charge in [-0.15, -0.1) is 0 Å². The summed E-state index contributed by atoms with van der Waals surface area (Å²) >= 11 is 5.82. The number of sulfonamides is 1. The van der Waals surface area contributed by atoms with Gasteiger partial charge in [-0.3, -0.25) is 10.1 Å². The Hall–Kier alpha value is -2.62. The largest absolute Gasteiger partial charge is 0.457 e. The van der Waals surface area contributed by atoms with E-state index in [1.165, 1.54) is 38.1 Å². The fourth-order valence-electron chi connectivity index (χ4n) is 2.61. The molecule has 8 nitrogen and oxygen atoms in total. The van der Waals surface area contributed by atoms with Gasteiger partial charge in [0.15, 0.2) is 0 Å². The summed E-state index contributed by atoms with van der Waals surface area (Å²) in [6.07, 6.45) is 0. The van der Waals surface area contributed by atoms with Crippen molar-refractivity contribution < 1.29 is 22.7 Å². The summed E-state index contributed by atoms with van der Waals surface area (Å²) in [5.74, 6) is 0.408. The minimum Gasteiger partial charge on any atom is -0.457 e. The molecule has 0 saturated carbocycles. The Balaban J connectivity index is 1.72. The molecule has 1 aliphatic heterocycles. The topological polar surface area (TPSA) is 114 Å². The first-order chi connectivity index (χ1) is 13.1. The van der Waals surface area contributed by atoms with Crippen LogP contribution in [0.2, 0.25) is 5.02 Å². The average Bonchev–Trinajstić information content (AvgIpc) is 2.90. The zero-order valence-electron chi connectivity index (χ0n) is 15.0. The maximum atomic E-state index is 12.6. The second-order valence-corrected chi connectivity index (χ2v) is 8.63. The van der Waals surface area contributed by atoms with Crippen molar-refractivity contribution >= 4 is 33.6 Å². The van der Waals surface area contributed by atoms with Gasteiger partial charge in [-0.2, -0.15) is 0 Å². The molecule has 3 amide bonds. The third kappa shape index (κ3) is 4.11. The van der Waals surface area contributed by atoms with Gasteiger partial charge >= 0.3 is 6.03 Å². The van der Waals surface area contributed by atoms with Gasteiger partial charge < -0.3 is 10.1 Å². The Morgan fingerprint density at radius 2 is 1.57 bits per heavy atom. The molecule has 1 heterocycles. The third-order valence-electron chi connectivity index (χ3n) is 4.45. The predicted molar refractivity (Wildman–Crippen MR) is 103 cm³/mol. The molecule has 2 aromatic carbocycles. The van der Waals surface area contributed by atoms with Crippen molar-refractivity contribution in [2.45, 2.75) is 30.3 Å². The van der Waals surface area contributed by atoms with Gasteiger partial charge in [-0.25, -0.2) is 17.9 Å². The van der Waals surface area contributed by atoms with Crippen LogP contribution in [0.3, 0.4) is 0 Å². The normalized spacial score (nSPS) is 20.4. The number of urea groups is 1. The number of carbonyl (C=O) groups excluding carboxylic acids is 2. The lowest BCUT2D eigenvalue weighted by Crippen LogP contribution is -2.59. The summed E-state index contributed by atoms with van der Waals surface area (Å²) in [5, 5.41) is 5.12. The molecule has 0 unspecified atom stereocenters. The number of carbonyl (C=O) groups is 2.